The van der Waals surface area contributed by atoms with Crippen LogP contribution in [-0.2, 0) is 16.0 Å². The van der Waals surface area contributed by atoms with Gasteiger partial charge in [-0.05, 0) is 43.6 Å². The van der Waals surface area contributed by atoms with E-state index in [2.05, 4.69) is 17.4 Å². The van der Waals surface area contributed by atoms with Crippen molar-refractivity contribution in [2.24, 2.45) is 5.92 Å². The molecule has 1 saturated carbocycles. The molecular weight excluding hydrogens is 266 g/mol. The third-order valence-electron chi connectivity index (χ3n) is 3.88. The SMILES string of the molecule is O=C(O)CCCCC(=O)NC(Cc1ccccc1)C1CC1. The molecule has 0 aliphatic heterocycles. The van der Waals surface area contributed by atoms with E-state index in [1.807, 2.05) is 18.2 Å². The average Bonchev–Trinajstić information content (AvgIpc) is 3.28. The fourth-order valence-corrected chi connectivity index (χ4v) is 2.54. The van der Waals surface area contributed by atoms with E-state index >= 15 is 0 Å². The predicted molar refractivity (Wildman–Crippen MR) is 80.9 cm³/mol. The van der Waals surface area contributed by atoms with Gasteiger partial charge >= 0.3 is 5.97 Å². The Balaban J connectivity index is 1.74. The van der Waals surface area contributed by atoms with Crippen molar-refractivity contribution in [3.8, 4) is 0 Å². The summed E-state index contributed by atoms with van der Waals surface area (Å²) in [6, 6.07) is 10.4. The summed E-state index contributed by atoms with van der Waals surface area (Å²) in [5, 5.41) is 11.7. The van der Waals surface area contributed by atoms with E-state index in [9.17, 15) is 9.59 Å². The summed E-state index contributed by atoms with van der Waals surface area (Å²) < 4.78 is 0. The van der Waals surface area contributed by atoms with Crippen LogP contribution in [0, 0.1) is 5.92 Å². The number of carboxylic acid groups (broad SMARTS) is 1. The number of rotatable bonds is 9. The maximum absolute atomic E-state index is 12.0. The van der Waals surface area contributed by atoms with E-state index in [4.69, 9.17) is 5.11 Å². The summed E-state index contributed by atoms with van der Waals surface area (Å²) >= 11 is 0. The number of carbonyl (C=O) groups excluding carboxylic acids is 1. The van der Waals surface area contributed by atoms with Crippen LogP contribution in [0.2, 0.25) is 0 Å². The van der Waals surface area contributed by atoms with E-state index in [0.717, 1.165) is 6.42 Å². The second-order valence-electron chi connectivity index (χ2n) is 5.80. The molecule has 1 aromatic rings. The molecule has 0 heterocycles. The number of carboxylic acids is 1. The lowest BCUT2D eigenvalue weighted by molar-refractivity contribution is -0.137. The van der Waals surface area contributed by atoms with Gasteiger partial charge in [-0.1, -0.05) is 30.3 Å². The molecule has 0 aromatic heterocycles. The first-order chi connectivity index (χ1) is 10.1. The van der Waals surface area contributed by atoms with E-state index in [1.165, 1.54) is 18.4 Å². The van der Waals surface area contributed by atoms with Crippen molar-refractivity contribution in [2.45, 2.75) is 51.0 Å². The normalized spacial score (nSPS) is 15.4. The molecule has 0 spiro atoms. The monoisotopic (exact) mass is 289 g/mol. The summed E-state index contributed by atoms with van der Waals surface area (Å²) in [6.45, 7) is 0. The molecular formula is C17H23NO3. The van der Waals surface area contributed by atoms with Crippen molar-refractivity contribution < 1.29 is 14.7 Å². The minimum absolute atomic E-state index is 0.0493. The Bertz CT molecular complexity index is 468. The molecule has 21 heavy (non-hydrogen) atoms. The molecule has 1 unspecified atom stereocenters. The van der Waals surface area contributed by atoms with Crippen molar-refractivity contribution in [2.75, 3.05) is 0 Å². The number of carbonyl (C=O) groups is 2. The largest absolute Gasteiger partial charge is 0.481 e. The third-order valence-corrected chi connectivity index (χ3v) is 3.88. The number of amides is 1. The molecule has 1 atom stereocenters. The van der Waals surface area contributed by atoms with Crippen LogP contribution in [-0.4, -0.2) is 23.0 Å². The number of benzene rings is 1. The van der Waals surface area contributed by atoms with Crippen molar-refractivity contribution >= 4 is 11.9 Å². The first-order valence-electron chi connectivity index (χ1n) is 7.70. The van der Waals surface area contributed by atoms with Crippen molar-refractivity contribution in [3.05, 3.63) is 35.9 Å². The second-order valence-corrected chi connectivity index (χ2v) is 5.80. The average molecular weight is 289 g/mol. The standard InChI is InChI=1S/C17H23NO3/c19-16(8-4-5-9-17(20)21)18-15(14-10-11-14)12-13-6-2-1-3-7-13/h1-3,6-7,14-15H,4-5,8-12H2,(H,18,19)(H,20,21). The van der Waals surface area contributed by atoms with Crippen molar-refractivity contribution in [3.63, 3.8) is 0 Å². The fraction of sp³-hybridized carbons (Fsp3) is 0.529. The van der Waals surface area contributed by atoms with Gasteiger partial charge in [-0.3, -0.25) is 9.59 Å². The number of aliphatic carboxylic acids is 1. The zero-order valence-electron chi connectivity index (χ0n) is 12.3. The van der Waals surface area contributed by atoms with Gasteiger partial charge in [0.1, 0.15) is 0 Å². The van der Waals surface area contributed by atoms with Crippen LogP contribution < -0.4 is 5.32 Å². The van der Waals surface area contributed by atoms with Crippen LogP contribution in [0.5, 0.6) is 0 Å². The highest BCUT2D eigenvalue weighted by atomic mass is 16.4. The number of hydrogen-bond donors (Lipinski definition) is 2. The number of nitrogens with one attached hydrogen (secondary N) is 1. The Labute approximate surface area is 125 Å². The highest BCUT2D eigenvalue weighted by Gasteiger charge is 2.32. The van der Waals surface area contributed by atoms with Crippen LogP contribution in [0.4, 0.5) is 0 Å². The molecule has 2 rings (SSSR count). The fourth-order valence-electron chi connectivity index (χ4n) is 2.54. The van der Waals surface area contributed by atoms with Gasteiger partial charge in [0.2, 0.25) is 5.91 Å². The van der Waals surface area contributed by atoms with Gasteiger partial charge in [0.15, 0.2) is 0 Å². The van der Waals surface area contributed by atoms with Gasteiger partial charge in [-0.25, -0.2) is 0 Å². The summed E-state index contributed by atoms with van der Waals surface area (Å²) in [5.41, 5.74) is 1.25. The van der Waals surface area contributed by atoms with Gasteiger partial charge < -0.3 is 10.4 Å². The van der Waals surface area contributed by atoms with Crippen LogP contribution in [0.15, 0.2) is 30.3 Å². The maximum Gasteiger partial charge on any atom is 0.303 e. The molecule has 1 aliphatic rings. The molecule has 4 nitrogen and oxygen atoms in total. The van der Waals surface area contributed by atoms with Gasteiger partial charge in [0.25, 0.3) is 0 Å². The molecule has 0 bridgehead atoms. The first kappa shape index (κ1) is 15.5. The van der Waals surface area contributed by atoms with Gasteiger partial charge in [-0.15, -0.1) is 0 Å². The Morgan fingerprint density at radius 3 is 2.43 bits per heavy atom. The minimum atomic E-state index is -0.796. The van der Waals surface area contributed by atoms with E-state index in [1.54, 1.807) is 0 Å². The zero-order chi connectivity index (χ0) is 15.1. The molecule has 0 radical (unpaired) electrons. The molecule has 1 fully saturated rings. The minimum Gasteiger partial charge on any atom is -0.481 e. The number of unbranched alkanes of at least 4 members (excludes halogenated alkanes) is 1. The predicted octanol–water partition coefficient (Wildman–Crippen LogP) is 2.77. The smallest absolute Gasteiger partial charge is 0.303 e. The summed E-state index contributed by atoms with van der Waals surface area (Å²) in [6.07, 6.45) is 5.03. The van der Waals surface area contributed by atoms with Gasteiger partial charge in [-0.2, -0.15) is 0 Å². The van der Waals surface area contributed by atoms with E-state index in [0.29, 0.717) is 25.2 Å². The Morgan fingerprint density at radius 2 is 1.81 bits per heavy atom. The molecule has 0 saturated heterocycles. The Hall–Kier alpha value is -1.84. The molecule has 4 heteroatoms. The third kappa shape index (κ3) is 5.98. The second kappa shape index (κ2) is 7.81. The Morgan fingerprint density at radius 1 is 1.14 bits per heavy atom. The quantitative estimate of drug-likeness (QED) is 0.687. The van der Waals surface area contributed by atoms with Crippen LogP contribution in [0.1, 0.15) is 44.1 Å². The molecule has 1 aliphatic carbocycles. The van der Waals surface area contributed by atoms with Gasteiger partial charge in [0.05, 0.1) is 0 Å². The van der Waals surface area contributed by atoms with Gasteiger partial charge in [0, 0.05) is 18.9 Å². The van der Waals surface area contributed by atoms with E-state index < -0.39 is 5.97 Å². The van der Waals surface area contributed by atoms with Crippen LogP contribution >= 0.6 is 0 Å². The van der Waals surface area contributed by atoms with Crippen molar-refractivity contribution in [1.82, 2.24) is 5.32 Å². The number of hydrogen-bond acceptors (Lipinski definition) is 2. The molecule has 1 amide bonds. The summed E-state index contributed by atoms with van der Waals surface area (Å²) in [5.74, 6) is -0.142. The van der Waals surface area contributed by atoms with Crippen LogP contribution in [0.3, 0.4) is 0 Å². The lowest BCUT2D eigenvalue weighted by atomic mass is 10.0. The first-order valence-corrected chi connectivity index (χ1v) is 7.70. The maximum atomic E-state index is 12.0. The van der Waals surface area contributed by atoms with Crippen molar-refractivity contribution in [1.29, 1.82) is 0 Å². The lowest BCUT2D eigenvalue weighted by Crippen LogP contribution is -2.37. The van der Waals surface area contributed by atoms with Crippen LogP contribution in [0.25, 0.3) is 0 Å². The summed E-state index contributed by atoms with van der Waals surface area (Å²) in [7, 11) is 0. The lowest BCUT2D eigenvalue weighted by Gasteiger charge is -2.18. The molecule has 114 valence electrons. The summed E-state index contributed by atoms with van der Waals surface area (Å²) in [4.78, 5) is 22.4. The highest BCUT2D eigenvalue weighted by molar-refractivity contribution is 5.76. The topological polar surface area (TPSA) is 66.4 Å². The highest BCUT2D eigenvalue weighted by Crippen LogP contribution is 2.34. The zero-order valence-corrected chi connectivity index (χ0v) is 12.3. The molecule has 1 aromatic carbocycles. The Kier molecular flexibility index (Phi) is 5.78. The van der Waals surface area contributed by atoms with E-state index in [-0.39, 0.29) is 18.4 Å². The molecule has 2 N–H and O–H groups in total.